The first kappa shape index (κ1) is 32.1. The zero-order valence-electron chi connectivity index (χ0n) is 30.7. The maximum absolute atomic E-state index is 5.32. The number of pyridine rings is 1. The van der Waals surface area contributed by atoms with Crippen molar-refractivity contribution in [2.24, 2.45) is 0 Å². The van der Waals surface area contributed by atoms with E-state index in [1.807, 2.05) is 36.5 Å². The van der Waals surface area contributed by atoms with E-state index >= 15 is 0 Å². The van der Waals surface area contributed by atoms with Gasteiger partial charge in [0.1, 0.15) is 0 Å². The molecule has 3 heterocycles. The predicted octanol–water partition coefficient (Wildman–Crippen LogP) is 11.6. The van der Waals surface area contributed by atoms with Gasteiger partial charge in [0.15, 0.2) is 11.6 Å². The minimum Gasteiger partial charge on any atom is -0.264 e. The van der Waals surface area contributed by atoms with Crippen LogP contribution in [0.25, 0.3) is 78.9 Å². The monoisotopic (exact) mass is 695 g/mol. The molecule has 0 radical (unpaired) electrons. The largest absolute Gasteiger partial charge is 0.264 e. The van der Waals surface area contributed by atoms with Gasteiger partial charge in [-0.25, -0.2) is 19.9 Å². The molecule has 0 N–H and O–H groups in total. The Morgan fingerprint density at radius 3 is 1.46 bits per heavy atom. The van der Waals surface area contributed by atoms with Crippen molar-refractivity contribution < 1.29 is 0 Å². The number of benzene rings is 5. The summed E-state index contributed by atoms with van der Waals surface area (Å²) < 4.78 is 0. The smallest absolute Gasteiger partial charge is 0.161 e. The van der Waals surface area contributed by atoms with E-state index in [1.54, 1.807) is 6.20 Å². The zero-order valence-corrected chi connectivity index (χ0v) is 30.7. The highest BCUT2D eigenvalue weighted by Gasteiger charge is 2.41. The van der Waals surface area contributed by atoms with Crippen LogP contribution in [0, 0.1) is 0 Å². The topological polar surface area (TPSA) is 64.5 Å². The molecule has 0 amide bonds. The summed E-state index contributed by atoms with van der Waals surface area (Å²) in [7, 11) is 0. The Hall–Kier alpha value is -6.59. The van der Waals surface area contributed by atoms with Crippen molar-refractivity contribution >= 4 is 0 Å². The van der Waals surface area contributed by atoms with E-state index in [9.17, 15) is 0 Å². The van der Waals surface area contributed by atoms with Gasteiger partial charge in [-0.15, -0.1) is 0 Å². The number of aromatic nitrogens is 5. The molecule has 0 saturated carbocycles. The lowest BCUT2D eigenvalue weighted by atomic mass is 9.80. The van der Waals surface area contributed by atoms with Crippen molar-refractivity contribution in [2.75, 3.05) is 0 Å². The Labute approximate surface area is 315 Å². The summed E-state index contributed by atoms with van der Waals surface area (Å²) in [6.07, 6.45) is 3.62. The number of hydrogen-bond donors (Lipinski definition) is 0. The summed E-state index contributed by atoms with van der Waals surface area (Å²) in [6.45, 7) is 9.14. The Morgan fingerprint density at radius 1 is 0.370 bits per heavy atom. The molecule has 0 aliphatic heterocycles. The summed E-state index contributed by atoms with van der Waals surface area (Å²) >= 11 is 0. The molecule has 0 bridgehead atoms. The highest BCUT2D eigenvalue weighted by Crippen LogP contribution is 2.53. The molecule has 10 rings (SSSR count). The fourth-order valence-corrected chi connectivity index (χ4v) is 8.66. The lowest BCUT2D eigenvalue weighted by molar-refractivity contribution is 0.657. The minimum atomic E-state index is -0.258. The van der Waals surface area contributed by atoms with Gasteiger partial charge in [-0.1, -0.05) is 149 Å². The second-order valence-electron chi connectivity index (χ2n) is 15.3. The van der Waals surface area contributed by atoms with E-state index in [1.165, 1.54) is 22.3 Å². The van der Waals surface area contributed by atoms with Crippen LogP contribution in [-0.2, 0) is 10.8 Å². The number of nitrogens with zero attached hydrogens (tertiary/aromatic N) is 5. The van der Waals surface area contributed by atoms with Crippen LogP contribution in [-0.4, -0.2) is 24.9 Å². The summed E-state index contributed by atoms with van der Waals surface area (Å²) in [5.41, 5.74) is 16.9. The molecule has 3 aromatic heterocycles. The highest BCUT2D eigenvalue weighted by atomic mass is 14.9. The Kier molecular flexibility index (Phi) is 7.11. The van der Waals surface area contributed by atoms with E-state index in [4.69, 9.17) is 19.9 Å². The Balaban J connectivity index is 1.09. The Bertz CT molecular complexity index is 2750. The van der Waals surface area contributed by atoms with E-state index in [0.29, 0.717) is 5.82 Å². The van der Waals surface area contributed by atoms with Crippen molar-refractivity contribution in [1.29, 1.82) is 0 Å². The van der Waals surface area contributed by atoms with Gasteiger partial charge in [0, 0.05) is 67.7 Å². The van der Waals surface area contributed by atoms with Gasteiger partial charge in [0.25, 0.3) is 0 Å². The SMILES string of the molecule is CC1(C)c2ccccc2-c2nc(-c3cccnc3)nc(-c3ccc(-c4cccc(-c5nc(-c6ccccc6)nc6c5C(C)(C)c5ccccc5-6)c4)cc3)c21. The molecule has 5 aromatic carbocycles. The third-order valence-electron chi connectivity index (χ3n) is 11.4. The average molecular weight is 696 g/mol. The second-order valence-corrected chi connectivity index (χ2v) is 15.3. The standard InChI is InChI=1S/C49H37N5/c1-48(2)38-21-10-8-19-36(38)44-40(48)42(51-47(54-44)35-18-13-27-50-29-35)31-25-23-30(24-26-31)33-16-12-17-34(28-33)43-41-45(37-20-9-11-22-39(37)49(41,3)4)53-46(52-43)32-14-6-5-7-15-32/h5-29H,1-4H3. The van der Waals surface area contributed by atoms with Gasteiger partial charge in [-0.2, -0.15) is 0 Å². The predicted molar refractivity (Wildman–Crippen MR) is 218 cm³/mol. The van der Waals surface area contributed by atoms with Crippen molar-refractivity contribution in [3.8, 4) is 78.9 Å². The van der Waals surface area contributed by atoms with Crippen molar-refractivity contribution in [1.82, 2.24) is 24.9 Å². The lowest BCUT2D eigenvalue weighted by Crippen LogP contribution is -2.17. The van der Waals surface area contributed by atoms with Crippen molar-refractivity contribution in [3.05, 3.63) is 174 Å². The van der Waals surface area contributed by atoms with Gasteiger partial charge < -0.3 is 0 Å². The molecule has 5 heteroatoms. The molecule has 0 fully saturated rings. The summed E-state index contributed by atoms with van der Waals surface area (Å²) in [6, 6.07) is 49.1. The summed E-state index contributed by atoms with van der Waals surface area (Å²) in [5, 5.41) is 0. The van der Waals surface area contributed by atoms with Crippen LogP contribution in [0.3, 0.4) is 0 Å². The molecule has 0 atom stereocenters. The fourth-order valence-electron chi connectivity index (χ4n) is 8.66. The van der Waals surface area contributed by atoms with Crippen LogP contribution in [0.4, 0.5) is 0 Å². The Morgan fingerprint density at radius 2 is 0.852 bits per heavy atom. The first-order chi connectivity index (χ1) is 26.3. The quantitative estimate of drug-likeness (QED) is 0.179. The number of hydrogen-bond acceptors (Lipinski definition) is 5. The zero-order chi connectivity index (χ0) is 36.6. The molecular formula is C49H37N5. The maximum Gasteiger partial charge on any atom is 0.161 e. The minimum absolute atomic E-state index is 0.256. The van der Waals surface area contributed by atoms with Gasteiger partial charge >= 0.3 is 0 Å². The molecule has 54 heavy (non-hydrogen) atoms. The fraction of sp³-hybridized carbons (Fsp3) is 0.122. The molecule has 0 spiro atoms. The molecule has 2 aliphatic rings. The van der Waals surface area contributed by atoms with Crippen LogP contribution >= 0.6 is 0 Å². The molecule has 0 unspecified atom stereocenters. The van der Waals surface area contributed by atoms with Crippen LogP contribution < -0.4 is 0 Å². The van der Waals surface area contributed by atoms with Crippen molar-refractivity contribution in [2.45, 2.75) is 38.5 Å². The second kappa shape index (κ2) is 12.0. The molecule has 0 saturated heterocycles. The van der Waals surface area contributed by atoms with Gasteiger partial charge in [-0.3, -0.25) is 4.98 Å². The van der Waals surface area contributed by atoms with Crippen molar-refractivity contribution in [3.63, 3.8) is 0 Å². The number of rotatable bonds is 5. The normalized spacial score (nSPS) is 14.2. The van der Waals surface area contributed by atoms with Crippen LogP contribution in [0.2, 0.25) is 0 Å². The van der Waals surface area contributed by atoms with E-state index in [0.717, 1.165) is 73.1 Å². The molecule has 2 aliphatic carbocycles. The van der Waals surface area contributed by atoms with Gasteiger partial charge in [0.05, 0.1) is 22.8 Å². The molecule has 5 nitrogen and oxygen atoms in total. The van der Waals surface area contributed by atoms with Gasteiger partial charge in [-0.05, 0) is 40.5 Å². The van der Waals surface area contributed by atoms with Gasteiger partial charge in [0.2, 0.25) is 0 Å². The first-order valence-corrected chi connectivity index (χ1v) is 18.5. The van der Waals surface area contributed by atoms with E-state index < -0.39 is 0 Å². The third-order valence-corrected chi connectivity index (χ3v) is 11.4. The third kappa shape index (κ3) is 4.88. The maximum atomic E-state index is 5.32. The number of fused-ring (bicyclic) bond motifs is 6. The highest BCUT2D eigenvalue weighted by molar-refractivity contribution is 5.88. The molecule has 258 valence electrons. The molecular weight excluding hydrogens is 659 g/mol. The molecule has 8 aromatic rings. The van der Waals surface area contributed by atoms with Crippen LogP contribution in [0.15, 0.2) is 152 Å². The van der Waals surface area contributed by atoms with E-state index in [2.05, 4.69) is 142 Å². The summed E-state index contributed by atoms with van der Waals surface area (Å²) in [4.78, 5) is 25.3. The first-order valence-electron chi connectivity index (χ1n) is 18.5. The van der Waals surface area contributed by atoms with Crippen LogP contribution in [0.1, 0.15) is 49.9 Å². The summed E-state index contributed by atoms with van der Waals surface area (Å²) in [5.74, 6) is 1.41. The average Bonchev–Trinajstić information content (AvgIpc) is 3.60. The van der Waals surface area contributed by atoms with E-state index in [-0.39, 0.29) is 10.8 Å². The van der Waals surface area contributed by atoms with Crippen LogP contribution in [0.5, 0.6) is 0 Å². The lowest BCUT2D eigenvalue weighted by Gasteiger charge is -2.24.